The van der Waals surface area contributed by atoms with Gasteiger partial charge < -0.3 is 9.64 Å². The number of hydrogen-bond donors (Lipinski definition) is 0. The average molecular weight is 351 g/mol. The highest BCUT2D eigenvalue weighted by molar-refractivity contribution is 5.81. The van der Waals surface area contributed by atoms with Crippen LogP contribution in [0.3, 0.4) is 0 Å². The van der Waals surface area contributed by atoms with Gasteiger partial charge in [0, 0.05) is 13.1 Å². The molecule has 1 saturated heterocycles. The molecule has 0 saturated carbocycles. The zero-order valence-electron chi connectivity index (χ0n) is 15.9. The van der Waals surface area contributed by atoms with Crippen LogP contribution < -0.4 is 4.74 Å². The first-order valence-electron chi connectivity index (χ1n) is 9.72. The van der Waals surface area contributed by atoms with Crippen molar-refractivity contribution in [2.24, 2.45) is 5.92 Å². The normalized spacial score (nSPS) is 16.3. The Hall–Kier alpha value is -2.29. The van der Waals surface area contributed by atoms with Crippen molar-refractivity contribution < 1.29 is 9.53 Å². The van der Waals surface area contributed by atoms with E-state index < -0.39 is 0 Å². The highest BCUT2D eigenvalue weighted by Crippen LogP contribution is 2.24. The number of benzene rings is 2. The molecule has 0 aromatic heterocycles. The molecule has 3 nitrogen and oxygen atoms in total. The second-order valence-corrected chi connectivity index (χ2v) is 7.24. The Morgan fingerprint density at radius 2 is 1.73 bits per heavy atom. The molecule has 1 aliphatic rings. The fourth-order valence-electron chi connectivity index (χ4n) is 3.66. The number of amides is 1. The minimum Gasteiger partial charge on any atom is -0.480 e. The SMILES string of the molecule is CC[C@@H](Oc1ccccc1C)C(=O)N1CCC(Cc2ccccc2)CC1. The van der Waals surface area contributed by atoms with Crippen LogP contribution in [-0.2, 0) is 11.2 Å². The number of rotatable bonds is 6. The number of likely N-dealkylation sites (tertiary alicyclic amines) is 1. The lowest BCUT2D eigenvalue weighted by Gasteiger charge is -2.34. The summed E-state index contributed by atoms with van der Waals surface area (Å²) < 4.78 is 6.04. The molecule has 0 bridgehead atoms. The monoisotopic (exact) mass is 351 g/mol. The van der Waals surface area contributed by atoms with Crippen molar-refractivity contribution in [3.05, 3.63) is 65.7 Å². The Morgan fingerprint density at radius 3 is 2.38 bits per heavy atom. The van der Waals surface area contributed by atoms with Gasteiger partial charge in [0.15, 0.2) is 6.10 Å². The van der Waals surface area contributed by atoms with Gasteiger partial charge in [-0.2, -0.15) is 0 Å². The smallest absolute Gasteiger partial charge is 0.263 e. The summed E-state index contributed by atoms with van der Waals surface area (Å²) >= 11 is 0. The fourth-order valence-corrected chi connectivity index (χ4v) is 3.66. The number of carbonyl (C=O) groups excluding carboxylic acids is 1. The first-order valence-corrected chi connectivity index (χ1v) is 9.72. The zero-order valence-corrected chi connectivity index (χ0v) is 15.9. The largest absolute Gasteiger partial charge is 0.480 e. The molecule has 0 unspecified atom stereocenters. The van der Waals surface area contributed by atoms with Crippen LogP contribution in [0.2, 0.25) is 0 Å². The third-order valence-corrected chi connectivity index (χ3v) is 5.30. The summed E-state index contributed by atoms with van der Waals surface area (Å²) in [4.78, 5) is 14.9. The lowest BCUT2D eigenvalue weighted by molar-refractivity contribution is -0.140. The maximum absolute atomic E-state index is 12.9. The third kappa shape index (κ3) is 4.66. The van der Waals surface area contributed by atoms with Gasteiger partial charge in [0.25, 0.3) is 5.91 Å². The number of piperidine rings is 1. The van der Waals surface area contributed by atoms with E-state index in [4.69, 9.17) is 4.74 Å². The summed E-state index contributed by atoms with van der Waals surface area (Å²) in [6.07, 6.45) is 3.56. The lowest BCUT2D eigenvalue weighted by Crippen LogP contribution is -2.45. The van der Waals surface area contributed by atoms with E-state index in [0.717, 1.165) is 43.7 Å². The van der Waals surface area contributed by atoms with Crippen molar-refractivity contribution in [3.63, 3.8) is 0 Å². The Balaban J connectivity index is 1.54. The van der Waals surface area contributed by atoms with Crippen LogP contribution >= 0.6 is 0 Å². The predicted octanol–water partition coefficient (Wildman–Crippen LogP) is 4.63. The highest BCUT2D eigenvalue weighted by atomic mass is 16.5. The van der Waals surface area contributed by atoms with Crippen molar-refractivity contribution in [1.82, 2.24) is 4.90 Å². The molecule has 0 radical (unpaired) electrons. The van der Waals surface area contributed by atoms with Crippen molar-refractivity contribution in [2.45, 2.75) is 45.6 Å². The number of carbonyl (C=O) groups is 1. The molecule has 2 aromatic carbocycles. The van der Waals surface area contributed by atoms with E-state index in [9.17, 15) is 4.79 Å². The molecular formula is C23H29NO2. The molecular weight excluding hydrogens is 322 g/mol. The fraction of sp³-hybridized carbons (Fsp3) is 0.435. The van der Waals surface area contributed by atoms with Gasteiger partial charge in [0.05, 0.1) is 0 Å². The van der Waals surface area contributed by atoms with E-state index >= 15 is 0 Å². The van der Waals surface area contributed by atoms with Crippen LogP contribution in [0, 0.1) is 12.8 Å². The summed E-state index contributed by atoms with van der Waals surface area (Å²) in [5.41, 5.74) is 2.46. The summed E-state index contributed by atoms with van der Waals surface area (Å²) in [5.74, 6) is 1.61. The molecule has 138 valence electrons. The van der Waals surface area contributed by atoms with Crippen LogP contribution in [0.5, 0.6) is 5.75 Å². The minimum absolute atomic E-state index is 0.133. The van der Waals surface area contributed by atoms with Crippen molar-refractivity contribution in [2.75, 3.05) is 13.1 Å². The van der Waals surface area contributed by atoms with E-state index in [1.165, 1.54) is 5.56 Å². The van der Waals surface area contributed by atoms with E-state index in [1.54, 1.807) is 0 Å². The molecule has 1 heterocycles. The molecule has 1 amide bonds. The van der Waals surface area contributed by atoms with Crippen molar-refractivity contribution in [1.29, 1.82) is 0 Å². The predicted molar refractivity (Wildman–Crippen MR) is 105 cm³/mol. The number of nitrogens with zero attached hydrogens (tertiary/aromatic N) is 1. The maximum Gasteiger partial charge on any atom is 0.263 e. The maximum atomic E-state index is 12.9. The van der Waals surface area contributed by atoms with Gasteiger partial charge in [0.2, 0.25) is 0 Å². The number of para-hydroxylation sites is 1. The lowest BCUT2D eigenvalue weighted by atomic mass is 9.90. The summed E-state index contributed by atoms with van der Waals surface area (Å²) in [6, 6.07) is 18.5. The first-order chi connectivity index (χ1) is 12.7. The van der Waals surface area contributed by atoms with Gasteiger partial charge in [-0.25, -0.2) is 0 Å². The molecule has 1 aliphatic heterocycles. The second-order valence-electron chi connectivity index (χ2n) is 7.24. The van der Waals surface area contributed by atoms with E-state index in [2.05, 4.69) is 30.3 Å². The quantitative estimate of drug-likeness (QED) is 0.759. The molecule has 1 fully saturated rings. The van der Waals surface area contributed by atoms with Crippen LogP contribution in [0.1, 0.15) is 37.3 Å². The second kappa shape index (κ2) is 8.88. The van der Waals surface area contributed by atoms with Crippen LogP contribution in [0.15, 0.2) is 54.6 Å². The Kier molecular flexibility index (Phi) is 6.32. The van der Waals surface area contributed by atoms with Gasteiger partial charge in [-0.05, 0) is 55.7 Å². The topological polar surface area (TPSA) is 29.5 Å². The van der Waals surface area contributed by atoms with E-state index in [0.29, 0.717) is 12.3 Å². The molecule has 1 atom stereocenters. The molecule has 0 N–H and O–H groups in total. The molecule has 26 heavy (non-hydrogen) atoms. The van der Waals surface area contributed by atoms with Gasteiger partial charge in [0.1, 0.15) is 5.75 Å². The zero-order chi connectivity index (χ0) is 18.4. The molecule has 2 aromatic rings. The molecule has 0 aliphatic carbocycles. The number of aryl methyl sites for hydroxylation is 1. The Morgan fingerprint density at radius 1 is 1.08 bits per heavy atom. The first kappa shape index (κ1) is 18.5. The highest BCUT2D eigenvalue weighted by Gasteiger charge is 2.28. The van der Waals surface area contributed by atoms with E-state index in [-0.39, 0.29) is 12.0 Å². The van der Waals surface area contributed by atoms with Gasteiger partial charge in [-0.3, -0.25) is 4.79 Å². The Labute approximate surface area is 157 Å². The Bertz CT molecular complexity index is 705. The number of hydrogen-bond acceptors (Lipinski definition) is 2. The summed E-state index contributed by atoms with van der Waals surface area (Å²) in [7, 11) is 0. The van der Waals surface area contributed by atoms with Gasteiger partial charge in [-0.1, -0.05) is 55.5 Å². The summed E-state index contributed by atoms with van der Waals surface area (Å²) in [6.45, 7) is 5.71. The molecule has 0 spiro atoms. The molecule has 3 rings (SSSR count). The molecule has 3 heteroatoms. The van der Waals surface area contributed by atoms with Gasteiger partial charge in [-0.15, -0.1) is 0 Å². The van der Waals surface area contributed by atoms with Crippen LogP contribution in [0.25, 0.3) is 0 Å². The third-order valence-electron chi connectivity index (χ3n) is 5.30. The standard InChI is InChI=1S/C23H29NO2/c1-3-21(26-22-12-8-7-9-18(22)2)23(25)24-15-13-20(14-16-24)17-19-10-5-4-6-11-19/h4-12,20-21H,3,13-17H2,1-2H3/t21-/m1/s1. The number of ether oxygens (including phenoxy) is 1. The van der Waals surface area contributed by atoms with Gasteiger partial charge >= 0.3 is 0 Å². The average Bonchev–Trinajstić information content (AvgIpc) is 2.68. The summed E-state index contributed by atoms with van der Waals surface area (Å²) in [5, 5.41) is 0. The van der Waals surface area contributed by atoms with Crippen LogP contribution in [-0.4, -0.2) is 30.0 Å². The van der Waals surface area contributed by atoms with Crippen LogP contribution in [0.4, 0.5) is 0 Å². The minimum atomic E-state index is -0.387. The van der Waals surface area contributed by atoms with E-state index in [1.807, 2.05) is 43.0 Å². The van der Waals surface area contributed by atoms with Crippen molar-refractivity contribution >= 4 is 5.91 Å². The van der Waals surface area contributed by atoms with Crippen molar-refractivity contribution in [3.8, 4) is 5.75 Å².